The standard InChI is InChI=1S/C46H55FN8O9/c1-5-53-24-33(40(58)59)38(56)32-22-34(47)37(23-36(32)53)54-18-20-55(21-19-54)44(63)64-25-29-13-15-31(16-14-29)51-39(57)35(12-9-17-49-43(48)62)52-42(61)46(26-45(3,4)27-46)41(60)50-28(2)30-10-7-6-8-11-30/h6-8,10-11,13-16,22-24,28,35H,5,9,12,17-21,25-27H2,1-4H3,(H,50,60)(H,51,57)(H,52,61)(H,58,59)(H3,48,49,62)/t28-,35+/m1/s1. The van der Waals surface area contributed by atoms with E-state index in [1.807, 2.05) is 51.1 Å². The molecule has 7 N–H and O–H groups in total. The van der Waals surface area contributed by atoms with Crippen LogP contribution in [0.1, 0.15) is 80.9 Å². The highest BCUT2D eigenvalue weighted by atomic mass is 19.1. The molecular weight excluding hydrogens is 828 g/mol. The SMILES string of the molecule is CCn1cc(C(=O)O)c(=O)c2cc(F)c(N3CCN(C(=O)OCc4ccc(NC(=O)[C@H](CCCNC(N)=O)NC(=O)C5(C(=O)N[C@H](C)c6ccccc6)CC(C)(C)C5)cc4)CC3)cc21. The van der Waals surface area contributed by atoms with Gasteiger partial charge in [-0.25, -0.2) is 18.8 Å². The first-order valence-electron chi connectivity index (χ1n) is 21.3. The lowest BCUT2D eigenvalue weighted by atomic mass is 9.53. The first kappa shape index (κ1) is 46.5. The van der Waals surface area contributed by atoms with Gasteiger partial charge in [0.25, 0.3) is 0 Å². The number of aromatic nitrogens is 1. The van der Waals surface area contributed by atoms with Crippen LogP contribution in [0.25, 0.3) is 10.9 Å². The minimum Gasteiger partial charge on any atom is -0.477 e. The molecule has 18 heteroatoms. The Bertz CT molecular complexity index is 2460. The summed E-state index contributed by atoms with van der Waals surface area (Å²) in [5, 5.41) is 20.6. The summed E-state index contributed by atoms with van der Waals surface area (Å²) in [5.41, 5.74) is 4.90. The van der Waals surface area contributed by atoms with Gasteiger partial charge in [-0.3, -0.25) is 19.2 Å². The van der Waals surface area contributed by atoms with Crippen molar-refractivity contribution in [2.24, 2.45) is 16.6 Å². The lowest BCUT2D eigenvalue weighted by Gasteiger charge is -2.51. The summed E-state index contributed by atoms with van der Waals surface area (Å²) in [6.07, 6.45) is 1.69. The number of aromatic carboxylic acids is 1. The number of fused-ring (bicyclic) bond motifs is 1. The van der Waals surface area contributed by atoms with E-state index in [9.17, 15) is 38.7 Å². The third kappa shape index (κ3) is 10.6. The summed E-state index contributed by atoms with van der Waals surface area (Å²) in [5.74, 6) is -3.58. The molecule has 0 unspecified atom stereocenters. The predicted molar refractivity (Wildman–Crippen MR) is 237 cm³/mol. The van der Waals surface area contributed by atoms with Crippen LogP contribution in [0, 0.1) is 16.6 Å². The quantitative estimate of drug-likeness (QED) is 0.0660. The number of carboxylic acids is 1. The number of hydrogen-bond donors (Lipinski definition) is 6. The molecule has 1 aliphatic carbocycles. The van der Waals surface area contributed by atoms with Gasteiger partial charge >= 0.3 is 18.1 Å². The van der Waals surface area contributed by atoms with Gasteiger partial charge in [-0.1, -0.05) is 56.3 Å². The topological polar surface area (TPSA) is 234 Å². The number of halogens is 1. The summed E-state index contributed by atoms with van der Waals surface area (Å²) in [6.45, 7) is 9.04. The minimum absolute atomic E-state index is 0.0292. The maximum Gasteiger partial charge on any atom is 0.410 e. The largest absolute Gasteiger partial charge is 0.477 e. The van der Waals surface area contributed by atoms with E-state index in [0.29, 0.717) is 29.7 Å². The Labute approximate surface area is 369 Å². The number of nitrogens with one attached hydrogen (secondary N) is 4. The highest BCUT2D eigenvalue weighted by Crippen LogP contribution is 2.54. The monoisotopic (exact) mass is 882 g/mol. The summed E-state index contributed by atoms with van der Waals surface area (Å²) in [6, 6.07) is 16.4. The number of hydrogen-bond acceptors (Lipinski definition) is 9. The molecule has 17 nitrogen and oxygen atoms in total. The van der Waals surface area contributed by atoms with Gasteiger partial charge in [0.2, 0.25) is 23.2 Å². The lowest BCUT2D eigenvalue weighted by molar-refractivity contribution is -0.160. The Morgan fingerprint density at radius 2 is 1.58 bits per heavy atom. The molecule has 1 aromatic heterocycles. The van der Waals surface area contributed by atoms with Crippen LogP contribution in [0.3, 0.4) is 0 Å². The number of piperazine rings is 1. The van der Waals surface area contributed by atoms with Crippen molar-refractivity contribution < 1.29 is 43.0 Å². The molecule has 2 fully saturated rings. The molecule has 0 radical (unpaired) electrons. The number of ether oxygens (including phenoxy) is 1. The number of urea groups is 1. The van der Waals surface area contributed by atoms with Crippen LogP contribution in [-0.2, 0) is 32.3 Å². The summed E-state index contributed by atoms with van der Waals surface area (Å²) < 4.78 is 22.5. The van der Waals surface area contributed by atoms with Crippen molar-refractivity contribution in [2.45, 2.75) is 78.6 Å². The minimum atomic E-state index is -1.39. The molecule has 4 aromatic rings. The molecule has 3 aromatic carbocycles. The van der Waals surface area contributed by atoms with E-state index in [4.69, 9.17) is 10.5 Å². The number of nitrogens with two attached hydrogens (primary N) is 1. The van der Waals surface area contributed by atoms with Crippen molar-refractivity contribution in [3.63, 3.8) is 0 Å². The van der Waals surface area contributed by atoms with Crippen molar-refractivity contribution in [3.05, 3.63) is 106 Å². The zero-order valence-electron chi connectivity index (χ0n) is 36.4. The van der Waals surface area contributed by atoms with E-state index in [2.05, 4.69) is 21.3 Å². The number of carbonyl (C=O) groups is 6. The van der Waals surface area contributed by atoms with Gasteiger partial charge in [0.15, 0.2) is 0 Å². The van der Waals surface area contributed by atoms with Crippen LogP contribution in [0.4, 0.5) is 25.4 Å². The van der Waals surface area contributed by atoms with Gasteiger partial charge in [-0.2, -0.15) is 0 Å². The Hall–Kier alpha value is -6.98. The van der Waals surface area contributed by atoms with Crippen LogP contribution < -0.4 is 37.3 Å². The summed E-state index contributed by atoms with van der Waals surface area (Å²) in [4.78, 5) is 93.6. The highest BCUT2D eigenvalue weighted by molar-refractivity contribution is 6.08. The van der Waals surface area contributed by atoms with E-state index in [1.165, 1.54) is 17.2 Å². The molecular formula is C46H55FN8O9. The fraction of sp³-hybridized carbons (Fsp3) is 0.413. The summed E-state index contributed by atoms with van der Waals surface area (Å²) >= 11 is 0. The van der Waals surface area contributed by atoms with Gasteiger partial charge in [0.05, 0.1) is 17.2 Å². The molecule has 0 bridgehead atoms. The highest BCUT2D eigenvalue weighted by Gasteiger charge is 2.59. The Morgan fingerprint density at radius 1 is 0.922 bits per heavy atom. The number of benzene rings is 3. The Morgan fingerprint density at radius 3 is 2.19 bits per heavy atom. The maximum atomic E-state index is 15.4. The van der Waals surface area contributed by atoms with Crippen molar-refractivity contribution in [1.82, 2.24) is 25.4 Å². The second-order valence-electron chi connectivity index (χ2n) is 17.2. The number of primary amides is 1. The fourth-order valence-corrected chi connectivity index (χ4v) is 8.58. The molecule has 1 saturated carbocycles. The van der Waals surface area contributed by atoms with Crippen LogP contribution >= 0.6 is 0 Å². The normalized spacial score (nSPS) is 16.1. The van der Waals surface area contributed by atoms with Crippen molar-refractivity contribution in [1.29, 1.82) is 0 Å². The second kappa shape index (κ2) is 19.6. The van der Waals surface area contributed by atoms with E-state index in [-0.39, 0.29) is 81.1 Å². The molecule has 1 aliphatic heterocycles. The van der Waals surface area contributed by atoms with Gasteiger partial charge < -0.3 is 51.2 Å². The number of rotatable bonds is 16. The average molecular weight is 883 g/mol. The van der Waals surface area contributed by atoms with Crippen LogP contribution in [0.15, 0.2) is 77.7 Å². The van der Waals surface area contributed by atoms with Gasteiger partial charge in [0.1, 0.15) is 29.4 Å². The third-order valence-corrected chi connectivity index (χ3v) is 11.8. The lowest BCUT2D eigenvalue weighted by Crippen LogP contribution is -2.63. The average Bonchev–Trinajstić information content (AvgIpc) is 3.26. The molecule has 64 heavy (non-hydrogen) atoms. The molecule has 1 saturated heterocycles. The Kier molecular flexibility index (Phi) is 14.2. The van der Waals surface area contributed by atoms with Gasteiger partial charge in [0, 0.05) is 56.5 Å². The molecule has 2 heterocycles. The number of anilines is 2. The van der Waals surface area contributed by atoms with E-state index in [1.54, 1.807) is 40.7 Å². The smallest absolute Gasteiger partial charge is 0.410 e. The Balaban J connectivity index is 1.04. The summed E-state index contributed by atoms with van der Waals surface area (Å²) in [7, 11) is 0. The van der Waals surface area contributed by atoms with Crippen LogP contribution in [-0.4, -0.2) is 89.2 Å². The maximum absolute atomic E-state index is 15.4. The van der Waals surface area contributed by atoms with E-state index >= 15 is 4.39 Å². The van der Waals surface area contributed by atoms with Crippen molar-refractivity contribution >= 4 is 58.1 Å². The number of amides is 6. The number of aryl methyl sites for hydroxylation is 1. The first-order valence-corrected chi connectivity index (χ1v) is 21.3. The molecule has 6 rings (SSSR count). The fourth-order valence-electron chi connectivity index (χ4n) is 8.58. The molecule has 6 amide bonds. The van der Waals surface area contributed by atoms with E-state index < -0.39 is 64.1 Å². The molecule has 340 valence electrons. The number of pyridine rings is 1. The second-order valence-corrected chi connectivity index (χ2v) is 17.2. The first-order chi connectivity index (χ1) is 30.4. The van der Waals surface area contributed by atoms with Crippen molar-refractivity contribution in [3.8, 4) is 0 Å². The van der Waals surface area contributed by atoms with Crippen molar-refractivity contribution in [2.75, 3.05) is 42.9 Å². The zero-order valence-corrected chi connectivity index (χ0v) is 36.4. The van der Waals surface area contributed by atoms with Crippen LogP contribution in [0.5, 0.6) is 0 Å². The van der Waals surface area contributed by atoms with E-state index in [0.717, 1.165) is 11.6 Å². The predicted octanol–water partition coefficient (Wildman–Crippen LogP) is 4.87. The molecule has 0 spiro atoms. The number of carbonyl (C=O) groups excluding carboxylic acids is 5. The molecule has 2 atom stereocenters. The number of carboxylic acid groups (broad SMARTS) is 1. The third-order valence-electron chi connectivity index (χ3n) is 11.8. The van der Waals surface area contributed by atoms with Crippen LogP contribution in [0.2, 0.25) is 0 Å². The van der Waals surface area contributed by atoms with Gasteiger partial charge in [-0.15, -0.1) is 0 Å². The zero-order chi connectivity index (χ0) is 46.3. The number of nitrogens with zero attached hydrogens (tertiary/aromatic N) is 3. The molecule has 2 aliphatic rings. The van der Waals surface area contributed by atoms with Gasteiger partial charge in [-0.05, 0) is 80.3 Å².